The molecule has 0 saturated carbocycles. The molecule has 1 aromatic heterocycles. The molecule has 0 radical (unpaired) electrons. The molecule has 0 spiro atoms. The summed E-state index contributed by atoms with van der Waals surface area (Å²) < 4.78 is 20.7. The molecule has 0 atom stereocenters. The maximum Gasteiger partial charge on any atom is 0.342 e. The second kappa shape index (κ2) is 8.67. The minimum absolute atomic E-state index is 0.0983. The van der Waals surface area contributed by atoms with Crippen LogP contribution in [-0.4, -0.2) is 42.9 Å². The summed E-state index contributed by atoms with van der Waals surface area (Å²) in [7, 11) is 2.86. The van der Waals surface area contributed by atoms with Crippen LogP contribution < -0.4 is 14.8 Å². The Morgan fingerprint density at radius 2 is 1.79 bits per heavy atom. The predicted octanol–water partition coefficient (Wildman–Crippen LogP) is 2.55. The number of amides is 1. The van der Waals surface area contributed by atoms with Crippen molar-refractivity contribution in [3.63, 3.8) is 0 Å². The van der Waals surface area contributed by atoms with Crippen molar-refractivity contribution in [1.29, 1.82) is 0 Å². The van der Waals surface area contributed by atoms with Crippen LogP contribution in [0.2, 0.25) is 0 Å². The van der Waals surface area contributed by atoms with Crippen molar-refractivity contribution >= 4 is 17.9 Å². The van der Waals surface area contributed by atoms with Crippen molar-refractivity contribution in [1.82, 2.24) is 10.2 Å². The minimum atomic E-state index is -0.735. The molecule has 0 aliphatic rings. The van der Waals surface area contributed by atoms with Gasteiger partial charge in [-0.15, -0.1) is 5.10 Å². The molecule has 1 N–H and O–H groups in total. The average molecular weight is 383 g/mol. The first kappa shape index (κ1) is 18.9. The Balaban J connectivity index is 1.59. The number of nitrogens with one attached hydrogen (secondary N) is 1. The first-order chi connectivity index (χ1) is 13.6. The van der Waals surface area contributed by atoms with Crippen molar-refractivity contribution in [2.45, 2.75) is 0 Å². The van der Waals surface area contributed by atoms with Crippen molar-refractivity contribution < 1.29 is 28.2 Å². The number of methoxy groups -OCH3 is 2. The van der Waals surface area contributed by atoms with E-state index in [9.17, 15) is 9.59 Å². The highest BCUT2D eigenvalue weighted by Crippen LogP contribution is 2.31. The lowest BCUT2D eigenvalue weighted by Gasteiger charge is -2.11. The second-order valence-electron chi connectivity index (χ2n) is 5.44. The largest absolute Gasteiger partial charge is 0.493 e. The zero-order chi connectivity index (χ0) is 19.9. The summed E-state index contributed by atoms with van der Waals surface area (Å²) in [6, 6.07) is 13.8. The molecule has 1 heterocycles. The van der Waals surface area contributed by atoms with E-state index < -0.39 is 18.5 Å². The molecular weight excluding hydrogens is 366 g/mol. The normalized spacial score (nSPS) is 10.2. The quantitative estimate of drug-likeness (QED) is 0.620. The van der Waals surface area contributed by atoms with Gasteiger partial charge < -0.3 is 18.6 Å². The van der Waals surface area contributed by atoms with Crippen LogP contribution >= 0.6 is 0 Å². The molecule has 0 aliphatic heterocycles. The third-order valence-corrected chi connectivity index (χ3v) is 3.65. The summed E-state index contributed by atoms with van der Waals surface area (Å²) in [4.78, 5) is 24.2. The van der Waals surface area contributed by atoms with Crippen LogP contribution in [0.3, 0.4) is 0 Å². The highest BCUT2D eigenvalue weighted by Gasteiger charge is 2.19. The molecule has 0 unspecified atom stereocenters. The number of para-hydroxylation sites is 1. The second-order valence-corrected chi connectivity index (χ2v) is 5.44. The molecule has 144 valence electrons. The molecule has 0 saturated heterocycles. The van der Waals surface area contributed by atoms with Gasteiger partial charge >= 0.3 is 12.0 Å². The Kier molecular flexibility index (Phi) is 5.85. The summed E-state index contributed by atoms with van der Waals surface area (Å²) in [5.41, 5.74) is 0.853. The molecule has 9 nitrogen and oxygen atoms in total. The zero-order valence-electron chi connectivity index (χ0n) is 15.2. The molecule has 3 rings (SSSR count). The van der Waals surface area contributed by atoms with E-state index in [-0.39, 0.29) is 23.2 Å². The van der Waals surface area contributed by atoms with Gasteiger partial charge in [0, 0.05) is 5.56 Å². The van der Waals surface area contributed by atoms with Crippen LogP contribution in [-0.2, 0) is 9.53 Å². The Hall–Kier alpha value is -3.88. The van der Waals surface area contributed by atoms with Gasteiger partial charge in [0.15, 0.2) is 18.1 Å². The smallest absolute Gasteiger partial charge is 0.342 e. The van der Waals surface area contributed by atoms with Crippen LogP contribution in [0.1, 0.15) is 10.4 Å². The maximum absolute atomic E-state index is 12.2. The molecule has 2 aromatic carbocycles. The first-order valence-corrected chi connectivity index (χ1v) is 8.19. The van der Waals surface area contributed by atoms with Gasteiger partial charge in [0.1, 0.15) is 5.56 Å². The molecule has 9 heteroatoms. The molecular formula is C19H17N3O6. The Morgan fingerprint density at radius 3 is 2.50 bits per heavy atom. The van der Waals surface area contributed by atoms with Crippen LogP contribution in [0.4, 0.5) is 6.01 Å². The number of carbonyl (C=O) groups is 2. The summed E-state index contributed by atoms with van der Waals surface area (Å²) >= 11 is 0. The number of nitrogens with zero attached hydrogens (tertiary/aromatic N) is 2. The van der Waals surface area contributed by atoms with Crippen LogP contribution in [0.15, 0.2) is 52.9 Å². The van der Waals surface area contributed by atoms with Gasteiger partial charge in [-0.2, -0.15) is 0 Å². The molecule has 0 bridgehead atoms. The zero-order valence-corrected chi connectivity index (χ0v) is 15.2. The van der Waals surface area contributed by atoms with E-state index in [0.717, 1.165) is 0 Å². The van der Waals surface area contributed by atoms with Crippen molar-refractivity contribution in [3.8, 4) is 23.0 Å². The minimum Gasteiger partial charge on any atom is -0.493 e. The van der Waals surface area contributed by atoms with Crippen molar-refractivity contribution in [3.05, 3.63) is 54.1 Å². The fraction of sp³-hybridized carbons (Fsp3) is 0.158. The molecule has 0 fully saturated rings. The van der Waals surface area contributed by atoms with E-state index >= 15 is 0 Å². The van der Waals surface area contributed by atoms with Gasteiger partial charge in [-0.3, -0.25) is 10.1 Å². The summed E-state index contributed by atoms with van der Waals surface area (Å²) in [6.07, 6.45) is 0. The number of ether oxygens (including phenoxy) is 3. The number of hydrogen-bond acceptors (Lipinski definition) is 8. The number of aromatic nitrogens is 2. The molecule has 3 aromatic rings. The Bertz CT molecular complexity index is 971. The molecule has 1 amide bonds. The number of rotatable bonds is 7. The number of carbonyl (C=O) groups excluding carboxylic acids is 2. The summed E-state index contributed by atoms with van der Waals surface area (Å²) in [6.45, 7) is -0.539. The SMILES string of the molecule is COc1cccc(C(=O)OCC(=O)Nc2nnc(-c3ccccc3)o2)c1OC. The van der Waals surface area contributed by atoms with E-state index in [4.69, 9.17) is 18.6 Å². The lowest BCUT2D eigenvalue weighted by atomic mass is 10.2. The van der Waals surface area contributed by atoms with Crippen molar-refractivity contribution in [2.75, 3.05) is 26.1 Å². The van der Waals surface area contributed by atoms with Crippen LogP contribution in [0.25, 0.3) is 11.5 Å². The topological polar surface area (TPSA) is 113 Å². The fourth-order valence-corrected chi connectivity index (χ4v) is 2.38. The molecule has 0 aliphatic carbocycles. The highest BCUT2D eigenvalue weighted by molar-refractivity contribution is 5.96. The third kappa shape index (κ3) is 4.26. The lowest BCUT2D eigenvalue weighted by molar-refractivity contribution is -0.119. The summed E-state index contributed by atoms with van der Waals surface area (Å²) in [5, 5.41) is 9.97. The van der Waals surface area contributed by atoms with E-state index in [1.165, 1.54) is 20.3 Å². The van der Waals surface area contributed by atoms with Gasteiger partial charge in [0.05, 0.1) is 14.2 Å². The number of benzene rings is 2. The van der Waals surface area contributed by atoms with E-state index in [2.05, 4.69) is 15.5 Å². The van der Waals surface area contributed by atoms with Crippen LogP contribution in [0, 0.1) is 0 Å². The first-order valence-electron chi connectivity index (χ1n) is 8.19. The van der Waals surface area contributed by atoms with E-state index in [0.29, 0.717) is 11.3 Å². The molecule has 28 heavy (non-hydrogen) atoms. The maximum atomic E-state index is 12.2. The standard InChI is InChI=1S/C19H17N3O6/c1-25-14-10-6-9-13(16(14)26-2)18(24)27-11-15(23)20-19-22-21-17(28-19)12-7-4-3-5-8-12/h3-10H,11H2,1-2H3,(H,20,22,23). The van der Waals surface area contributed by atoms with E-state index in [1.54, 1.807) is 24.3 Å². The number of esters is 1. The van der Waals surface area contributed by atoms with Gasteiger partial charge in [-0.1, -0.05) is 29.4 Å². The monoisotopic (exact) mass is 383 g/mol. The van der Waals surface area contributed by atoms with Crippen molar-refractivity contribution in [2.24, 2.45) is 0 Å². The fourth-order valence-electron chi connectivity index (χ4n) is 2.38. The van der Waals surface area contributed by atoms with Gasteiger partial charge in [0.25, 0.3) is 5.91 Å². The highest BCUT2D eigenvalue weighted by atomic mass is 16.5. The average Bonchev–Trinajstić information content (AvgIpc) is 3.20. The number of hydrogen-bond donors (Lipinski definition) is 1. The van der Waals surface area contributed by atoms with Gasteiger partial charge in [-0.05, 0) is 24.3 Å². The van der Waals surface area contributed by atoms with Gasteiger partial charge in [0.2, 0.25) is 5.89 Å². The Morgan fingerprint density at radius 1 is 1.00 bits per heavy atom. The lowest BCUT2D eigenvalue weighted by Crippen LogP contribution is -2.21. The van der Waals surface area contributed by atoms with Gasteiger partial charge in [-0.25, -0.2) is 4.79 Å². The summed E-state index contributed by atoms with van der Waals surface area (Å²) in [5.74, 6) is -0.505. The van der Waals surface area contributed by atoms with Crippen LogP contribution in [0.5, 0.6) is 11.5 Å². The Labute approximate surface area is 160 Å². The third-order valence-electron chi connectivity index (χ3n) is 3.65. The number of anilines is 1. The predicted molar refractivity (Wildman–Crippen MR) is 98.2 cm³/mol. The van der Waals surface area contributed by atoms with E-state index in [1.807, 2.05) is 18.2 Å².